The van der Waals surface area contributed by atoms with Crippen molar-refractivity contribution >= 4 is 15.9 Å². The lowest BCUT2D eigenvalue weighted by Gasteiger charge is -2.10. The minimum atomic E-state index is 0.789. The van der Waals surface area contributed by atoms with Crippen molar-refractivity contribution in [3.05, 3.63) is 45.7 Å². The van der Waals surface area contributed by atoms with E-state index < -0.39 is 0 Å². The van der Waals surface area contributed by atoms with E-state index in [1.165, 1.54) is 5.56 Å². The van der Waals surface area contributed by atoms with Crippen LogP contribution in [0.3, 0.4) is 0 Å². The number of nitrogens with zero attached hydrogens (tertiary/aromatic N) is 2. The van der Waals surface area contributed by atoms with Gasteiger partial charge in [0.25, 0.3) is 0 Å². The van der Waals surface area contributed by atoms with Crippen LogP contribution in [0, 0.1) is 13.8 Å². The fourth-order valence-corrected chi connectivity index (χ4v) is 2.16. The van der Waals surface area contributed by atoms with Gasteiger partial charge in [-0.25, -0.2) is 9.97 Å². The molecule has 0 fully saturated rings. The van der Waals surface area contributed by atoms with Crippen LogP contribution in [0.15, 0.2) is 28.7 Å². The Hall–Kier alpha value is -1.26. The lowest BCUT2D eigenvalue weighted by atomic mass is 10.1. The highest BCUT2D eigenvalue weighted by Gasteiger charge is 2.09. The molecule has 2 aromatic rings. The van der Waals surface area contributed by atoms with Crippen molar-refractivity contribution < 1.29 is 0 Å². The predicted octanol–water partition coefficient (Wildman–Crippen LogP) is 3.24. The third-order valence-corrected chi connectivity index (χ3v) is 3.41. The van der Waals surface area contributed by atoms with Crippen molar-refractivity contribution in [1.29, 1.82) is 0 Å². The standard InChI is InChI=1S/C14H16BrN3/c1-9-13(8-16-3)10(2)18-14(17-9)11-4-6-12(15)7-5-11/h4-7,16H,8H2,1-3H3. The first-order valence-corrected chi connectivity index (χ1v) is 6.65. The van der Waals surface area contributed by atoms with Gasteiger partial charge in [-0.3, -0.25) is 0 Å². The normalized spacial score (nSPS) is 10.7. The van der Waals surface area contributed by atoms with Crippen LogP contribution >= 0.6 is 15.9 Å². The Morgan fingerprint density at radius 2 is 1.61 bits per heavy atom. The van der Waals surface area contributed by atoms with Gasteiger partial charge in [-0.1, -0.05) is 28.1 Å². The summed E-state index contributed by atoms with van der Waals surface area (Å²) in [6.45, 7) is 4.87. The van der Waals surface area contributed by atoms with Gasteiger partial charge in [0.05, 0.1) is 0 Å². The van der Waals surface area contributed by atoms with Crippen molar-refractivity contribution in [1.82, 2.24) is 15.3 Å². The van der Waals surface area contributed by atoms with E-state index in [1.54, 1.807) is 0 Å². The van der Waals surface area contributed by atoms with E-state index in [0.29, 0.717) is 0 Å². The van der Waals surface area contributed by atoms with Crippen molar-refractivity contribution in [2.75, 3.05) is 7.05 Å². The van der Waals surface area contributed by atoms with Crippen molar-refractivity contribution in [2.24, 2.45) is 0 Å². The van der Waals surface area contributed by atoms with Gasteiger partial charge in [0, 0.05) is 33.5 Å². The highest BCUT2D eigenvalue weighted by molar-refractivity contribution is 9.10. The fourth-order valence-electron chi connectivity index (χ4n) is 1.90. The van der Waals surface area contributed by atoms with Crippen LogP contribution in [-0.4, -0.2) is 17.0 Å². The molecule has 0 amide bonds. The molecule has 1 aromatic carbocycles. The first-order valence-electron chi connectivity index (χ1n) is 5.86. The monoisotopic (exact) mass is 305 g/mol. The maximum Gasteiger partial charge on any atom is 0.159 e. The number of halogens is 1. The van der Waals surface area contributed by atoms with E-state index in [2.05, 4.69) is 31.2 Å². The van der Waals surface area contributed by atoms with Gasteiger partial charge < -0.3 is 5.32 Å². The smallest absolute Gasteiger partial charge is 0.159 e. The van der Waals surface area contributed by atoms with Gasteiger partial charge in [0.15, 0.2) is 5.82 Å². The number of aromatic nitrogens is 2. The Kier molecular flexibility index (Phi) is 4.09. The molecule has 0 aliphatic carbocycles. The summed E-state index contributed by atoms with van der Waals surface area (Å²) < 4.78 is 1.06. The summed E-state index contributed by atoms with van der Waals surface area (Å²) in [7, 11) is 1.93. The van der Waals surface area contributed by atoms with Gasteiger partial charge in [-0.2, -0.15) is 0 Å². The lowest BCUT2D eigenvalue weighted by molar-refractivity contribution is 0.787. The van der Waals surface area contributed by atoms with Crippen LogP contribution in [0.5, 0.6) is 0 Å². The lowest BCUT2D eigenvalue weighted by Crippen LogP contribution is -2.11. The van der Waals surface area contributed by atoms with Crippen molar-refractivity contribution in [2.45, 2.75) is 20.4 Å². The molecule has 0 radical (unpaired) electrons. The van der Waals surface area contributed by atoms with E-state index in [9.17, 15) is 0 Å². The maximum absolute atomic E-state index is 4.59. The molecule has 4 heteroatoms. The summed E-state index contributed by atoms with van der Waals surface area (Å²) in [6, 6.07) is 8.06. The Morgan fingerprint density at radius 3 is 2.11 bits per heavy atom. The molecule has 0 saturated heterocycles. The van der Waals surface area contributed by atoms with Gasteiger partial charge in [0.2, 0.25) is 0 Å². The zero-order valence-corrected chi connectivity index (χ0v) is 12.4. The number of aryl methyl sites for hydroxylation is 2. The first kappa shape index (κ1) is 13.2. The second-order valence-corrected chi connectivity index (χ2v) is 5.15. The Balaban J connectivity index is 2.44. The molecule has 94 valence electrons. The molecule has 0 unspecified atom stereocenters. The average Bonchev–Trinajstić information content (AvgIpc) is 2.34. The van der Waals surface area contributed by atoms with E-state index in [1.807, 2.05) is 45.2 Å². The van der Waals surface area contributed by atoms with Gasteiger partial charge >= 0.3 is 0 Å². The van der Waals surface area contributed by atoms with Crippen molar-refractivity contribution in [3.8, 4) is 11.4 Å². The second-order valence-electron chi connectivity index (χ2n) is 4.23. The molecule has 0 spiro atoms. The zero-order chi connectivity index (χ0) is 13.1. The SMILES string of the molecule is CNCc1c(C)nc(-c2ccc(Br)cc2)nc1C. The molecule has 3 nitrogen and oxygen atoms in total. The van der Waals surface area contributed by atoms with Crippen LogP contribution in [0.25, 0.3) is 11.4 Å². The number of hydrogen-bond acceptors (Lipinski definition) is 3. The molecule has 0 saturated carbocycles. The van der Waals surface area contributed by atoms with Crippen LogP contribution < -0.4 is 5.32 Å². The van der Waals surface area contributed by atoms with E-state index in [4.69, 9.17) is 0 Å². The van der Waals surface area contributed by atoms with Crippen LogP contribution in [-0.2, 0) is 6.54 Å². The fraction of sp³-hybridized carbons (Fsp3) is 0.286. The van der Waals surface area contributed by atoms with Crippen LogP contribution in [0.2, 0.25) is 0 Å². The number of benzene rings is 1. The molecule has 0 bridgehead atoms. The number of nitrogens with one attached hydrogen (secondary N) is 1. The molecule has 18 heavy (non-hydrogen) atoms. The maximum atomic E-state index is 4.59. The molecule has 0 atom stereocenters. The molecular formula is C14H16BrN3. The minimum absolute atomic E-state index is 0.789. The topological polar surface area (TPSA) is 37.8 Å². The second kappa shape index (κ2) is 5.59. The summed E-state index contributed by atoms with van der Waals surface area (Å²) in [5.74, 6) is 0.789. The van der Waals surface area contributed by atoms with Gasteiger partial charge in [-0.05, 0) is 33.0 Å². The van der Waals surface area contributed by atoms with Crippen LogP contribution in [0.4, 0.5) is 0 Å². The van der Waals surface area contributed by atoms with Gasteiger partial charge in [0.1, 0.15) is 0 Å². The summed E-state index contributed by atoms with van der Waals surface area (Å²) in [4.78, 5) is 9.17. The number of hydrogen-bond donors (Lipinski definition) is 1. The van der Waals surface area contributed by atoms with Crippen LogP contribution in [0.1, 0.15) is 17.0 Å². The summed E-state index contributed by atoms with van der Waals surface area (Å²) in [6.07, 6.45) is 0. The molecule has 1 heterocycles. The van der Waals surface area contributed by atoms with Gasteiger partial charge in [-0.15, -0.1) is 0 Å². The molecule has 2 rings (SSSR count). The highest BCUT2D eigenvalue weighted by atomic mass is 79.9. The van der Waals surface area contributed by atoms with E-state index in [-0.39, 0.29) is 0 Å². The predicted molar refractivity (Wildman–Crippen MR) is 77.4 cm³/mol. The van der Waals surface area contributed by atoms with E-state index >= 15 is 0 Å². The molecule has 0 aliphatic rings. The minimum Gasteiger partial charge on any atom is -0.316 e. The quantitative estimate of drug-likeness (QED) is 0.946. The summed E-state index contributed by atoms with van der Waals surface area (Å²) in [5.41, 5.74) is 4.29. The third-order valence-electron chi connectivity index (χ3n) is 2.88. The molecule has 1 aromatic heterocycles. The summed E-state index contributed by atoms with van der Waals surface area (Å²) in [5, 5.41) is 3.15. The Morgan fingerprint density at radius 1 is 1.06 bits per heavy atom. The largest absolute Gasteiger partial charge is 0.316 e. The third kappa shape index (κ3) is 2.76. The van der Waals surface area contributed by atoms with Crippen molar-refractivity contribution in [3.63, 3.8) is 0 Å². The average molecular weight is 306 g/mol. The highest BCUT2D eigenvalue weighted by Crippen LogP contribution is 2.20. The molecule has 1 N–H and O–H groups in total. The Labute approximate surface area is 116 Å². The summed E-state index contributed by atoms with van der Waals surface area (Å²) >= 11 is 3.43. The molecule has 0 aliphatic heterocycles. The first-order chi connectivity index (χ1) is 8.61. The Bertz CT molecular complexity index is 526. The number of rotatable bonds is 3. The van der Waals surface area contributed by atoms with E-state index in [0.717, 1.165) is 33.8 Å². The zero-order valence-electron chi connectivity index (χ0n) is 10.8. The molecular weight excluding hydrogens is 290 g/mol.